The van der Waals surface area contributed by atoms with Crippen molar-refractivity contribution in [3.63, 3.8) is 0 Å². The van der Waals surface area contributed by atoms with Crippen molar-refractivity contribution in [2.45, 2.75) is 19.3 Å². The van der Waals surface area contributed by atoms with E-state index < -0.39 is 27.1 Å². The third kappa shape index (κ3) is 4.58. The van der Waals surface area contributed by atoms with Crippen molar-refractivity contribution in [2.24, 2.45) is 0 Å². The van der Waals surface area contributed by atoms with Gasteiger partial charge >= 0.3 is 0 Å². The first-order valence-corrected chi connectivity index (χ1v) is 10.5. The Balaban J connectivity index is 1.44. The van der Waals surface area contributed by atoms with Gasteiger partial charge in [-0.05, 0) is 25.3 Å². The zero-order chi connectivity index (χ0) is 22.7. The summed E-state index contributed by atoms with van der Waals surface area (Å²) in [4.78, 5) is 48.5. The molecule has 32 heavy (non-hydrogen) atoms. The third-order valence-corrected chi connectivity index (χ3v) is 5.73. The van der Waals surface area contributed by atoms with E-state index in [1.54, 1.807) is 11.1 Å². The number of rotatable bonds is 5. The number of aromatic nitrogens is 2. The molecule has 0 atom stereocenters. The fraction of sp³-hybridized carbons (Fsp3) is 0.450. The van der Waals surface area contributed by atoms with E-state index in [2.05, 4.69) is 14.8 Å². The number of carbonyl (C=O) groups is 1. The Morgan fingerprint density at radius 2 is 1.47 bits per heavy atom. The molecule has 0 unspecified atom stereocenters. The van der Waals surface area contributed by atoms with Crippen molar-refractivity contribution >= 4 is 29.0 Å². The van der Waals surface area contributed by atoms with E-state index in [4.69, 9.17) is 4.98 Å². The van der Waals surface area contributed by atoms with E-state index in [1.807, 2.05) is 6.07 Å². The normalized spacial score (nSPS) is 16.7. The molecule has 12 heteroatoms. The van der Waals surface area contributed by atoms with Crippen LogP contribution < -0.4 is 9.80 Å². The Kier molecular flexibility index (Phi) is 6.10. The highest BCUT2D eigenvalue weighted by Gasteiger charge is 2.27. The molecular weight excluding hydrogens is 418 g/mol. The van der Waals surface area contributed by atoms with Crippen LogP contribution in [0.4, 0.5) is 23.1 Å². The van der Waals surface area contributed by atoms with Crippen molar-refractivity contribution in [1.29, 1.82) is 0 Å². The van der Waals surface area contributed by atoms with Gasteiger partial charge < -0.3 is 14.7 Å². The minimum atomic E-state index is -0.739. The van der Waals surface area contributed by atoms with Crippen molar-refractivity contribution < 1.29 is 14.6 Å². The second kappa shape index (κ2) is 9.12. The maximum absolute atomic E-state index is 12.9. The van der Waals surface area contributed by atoms with Gasteiger partial charge in [-0.15, -0.1) is 0 Å². The predicted molar refractivity (Wildman–Crippen MR) is 116 cm³/mol. The van der Waals surface area contributed by atoms with E-state index in [-0.39, 0.29) is 5.56 Å². The molecule has 2 saturated heterocycles. The standard InChI is InChI=1S/C20H23N7O5/c28-19(15-12-16(26(29)30)14-17(13-15)27(31)32)24-10-8-23(9-11-24)18-4-5-21-20(22-18)25-6-2-1-3-7-25/h4-5,12-14H,1-3,6-11H2. The molecule has 0 N–H and O–H groups in total. The minimum absolute atomic E-state index is 0.0613. The number of nitro benzene ring substituents is 2. The summed E-state index contributed by atoms with van der Waals surface area (Å²) in [6, 6.07) is 4.85. The number of nitro groups is 2. The summed E-state index contributed by atoms with van der Waals surface area (Å²) in [6.07, 6.45) is 5.22. The molecule has 4 rings (SSSR count). The summed E-state index contributed by atoms with van der Waals surface area (Å²) < 4.78 is 0. The molecule has 2 aliphatic rings. The third-order valence-electron chi connectivity index (χ3n) is 5.73. The molecule has 1 aromatic carbocycles. The summed E-state index contributed by atoms with van der Waals surface area (Å²) in [5, 5.41) is 22.2. The van der Waals surface area contributed by atoms with Crippen LogP contribution in [0.1, 0.15) is 29.6 Å². The molecular formula is C20H23N7O5. The first kappa shape index (κ1) is 21.4. The van der Waals surface area contributed by atoms with Gasteiger partial charge in [0.1, 0.15) is 5.82 Å². The lowest BCUT2D eigenvalue weighted by molar-refractivity contribution is -0.394. The highest BCUT2D eigenvalue weighted by atomic mass is 16.6. The monoisotopic (exact) mass is 441 g/mol. The van der Waals surface area contributed by atoms with E-state index in [1.165, 1.54) is 6.42 Å². The number of benzene rings is 1. The smallest absolute Gasteiger partial charge is 0.277 e. The van der Waals surface area contributed by atoms with Crippen molar-refractivity contribution in [2.75, 3.05) is 49.1 Å². The largest absolute Gasteiger partial charge is 0.353 e. The van der Waals surface area contributed by atoms with Crippen LogP contribution in [-0.2, 0) is 0 Å². The van der Waals surface area contributed by atoms with Crippen LogP contribution >= 0.6 is 0 Å². The summed E-state index contributed by atoms with van der Waals surface area (Å²) in [7, 11) is 0. The summed E-state index contributed by atoms with van der Waals surface area (Å²) in [5.74, 6) is 1.04. The van der Waals surface area contributed by atoms with Gasteiger partial charge in [-0.2, -0.15) is 4.98 Å². The minimum Gasteiger partial charge on any atom is -0.353 e. The second-order valence-electron chi connectivity index (χ2n) is 7.79. The molecule has 1 aromatic heterocycles. The maximum atomic E-state index is 12.9. The zero-order valence-corrected chi connectivity index (χ0v) is 17.4. The van der Waals surface area contributed by atoms with Crippen LogP contribution in [0.5, 0.6) is 0 Å². The van der Waals surface area contributed by atoms with Gasteiger partial charge in [-0.1, -0.05) is 0 Å². The molecule has 0 spiro atoms. The van der Waals surface area contributed by atoms with Crippen LogP contribution in [0, 0.1) is 20.2 Å². The maximum Gasteiger partial charge on any atom is 0.277 e. The molecule has 0 aliphatic carbocycles. The molecule has 2 aromatic rings. The van der Waals surface area contributed by atoms with E-state index in [9.17, 15) is 25.0 Å². The lowest BCUT2D eigenvalue weighted by Crippen LogP contribution is -2.49. The Bertz CT molecular complexity index is 1000. The summed E-state index contributed by atoms with van der Waals surface area (Å²) in [6.45, 7) is 3.69. The Labute approximate surface area is 183 Å². The van der Waals surface area contributed by atoms with E-state index in [0.29, 0.717) is 32.1 Å². The molecule has 1 amide bonds. The van der Waals surface area contributed by atoms with Gasteiger partial charge in [0.05, 0.1) is 21.5 Å². The summed E-state index contributed by atoms with van der Waals surface area (Å²) >= 11 is 0. The first-order chi connectivity index (χ1) is 15.4. The number of carbonyl (C=O) groups excluding carboxylic acids is 1. The zero-order valence-electron chi connectivity index (χ0n) is 17.4. The van der Waals surface area contributed by atoms with Crippen LogP contribution in [0.25, 0.3) is 0 Å². The Morgan fingerprint density at radius 3 is 2.06 bits per heavy atom. The Morgan fingerprint density at radius 1 is 0.844 bits per heavy atom. The van der Waals surface area contributed by atoms with Gasteiger partial charge in [0.15, 0.2) is 0 Å². The number of amides is 1. The number of anilines is 2. The average molecular weight is 441 g/mol. The number of piperazine rings is 1. The number of piperidine rings is 1. The van der Waals surface area contributed by atoms with Gasteiger partial charge in [0.2, 0.25) is 5.95 Å². The quantitative estimate of drug-likeness (QED) is 0.505. The van der Waals surface area contributed by atoms with Gasteiger partial charge in [0, 0.05) is 57.6 Å². The van der Waals surface area contributed by atoms with Crippen molar-refractivity contribution in [1.82, 2.24) is 14.9 Å². The van der Waals surface area contributed by atoms with Crippen molar-refractivity contribution in [3.8, 4) is 0 Å². The van der Waals surface area contributed by atoms with Gasteiger partial charge in [-0.25, -0.2) is 4.98 Å². The second-order valence-corrected chi connectivity index (χ2v) is 7.79. The molecule has 168 valence electrons. The molecule has 2 aliphatic heterocycles. The number of hydrogen-bond acceptors (Lipinski definition) is 9. The van der Waals surface area contributed by atoms with E-state index in [0.717, 1.165) is 49.9 Å². The topological polar surface area (TPSA) is 139 Å². The molecule has 0 saturated carbocycles. The number of hydrogen-bond donors (Lipinski definition) is 0. The molecule has 3 heterocycles. The molecule has 2 fully saturated rings. The summed E-state index contributed by atoms with van der Waals surface area (Å²) in [5.41, 5.74) is -1.02. The molecule has 0 radical (unpaired) electrons. The average Bonchev–Trinajstić information content (AvgIpc) is 2.84. The Hall–Kier alpha value is -3.83. The predicted octanol–water partition coefficient (Wildman–Crippen LogP) is 2.25. The molecule has 0 bridgehead atoms. The number of nitrogens with zero attached hydrogens (tertiary/aromatic N) is 7. The fourth-order valence-corrected chi connectivity index (χ4v) is 4.01. The highest BCUT2D eigenvalue weighted by Crippen LogP contribution is 2.25. The van der Waals surface area contributed by atoms with Crippen LogP contribution in [0.15, 0.2) is 30.5 Å². The highest BCUT2D eigenvalue weighted by molar-refractivity contribution is 5.95. The van der Waals surface area contributed by atoms with Crippen LogP contribution in [0.2, 0.25) is 0 Å². The molecule has 12 nitrogen and oxygen atoms in total. The fourth-order valence-electron chi connectivity index (χ4n) is 4.01. The lowest BCUT2D eigenvalue weighted by atomic mass is 10.1. The number of non-ortho nitro benzene ring substituents is 2. The van der Waals surface area contributed by atoms with Crippen LogP contribution in [0.3, 0.4) is 0 Å². The SMILES string of the molecule is O=C(c1cc([N+](=O)[O-])cc([N+](=O)[O-])c1)N1CCN(c2ccnc(N3CCCCC3)n2)CC1. The van der Waals surface area contributed by atoms with Gasteiger partial charge in [-0.3, -0.25) is 25.0 Å². The van der Waals surface area contributed by atoms with Crippen molar-refractivity contribution in [3.05, 3.63) is 56.3 Å². The lowest BCUT2D eigenvalue weighted by Gasteiger charge is -2.36. The van der Waals surface area contributed by atoms with E-state index >= 15 is 0 Å². The van der Waals surface area contributed by atoms with Crippen LogP contribution in [-0.4, -0.2) is 69.9 Å². The van der Waals surface area contributed by atoms with Gasteiger partial charge in [0.25, 0.3) is 17.3 Å². The first-order valence-electron chi connectivity index (χ1n) is 10.5.